The molecule has 14 heavy (non-hydrogen) atoms. The van der Waals surface area contributed by atoms with Gasteiger partial charge in [0.15, 0.2) is 0 Å². The van der Waals surface area contributed by atoms with Gasteiger partial charge in [-0.05, 0) is 31.7 Å². The van der Waals surface area contributed by atoms with Crippen molar-refractivity contribution in [1.29, 1.82) is 0 Å². The van der Waals surface area contributed by atoms with Crippen molar-refractivity contribution in [2.45, 2.75) is 62.5 Å². The van der Waals surface area contributed by atoms with Gasteiger partial charge < -0.3 is 5.32 Å². The molecule has 2 heteroatoms. The third-order valence-corrected chi connectivity index (χ3v) is 5.15. The Kier molecular flexibility index (Phi) is 4.18. The van der Waals surface area contributed by atoms with Crippen molar-refractivity contribution >= 4 is 11.8 Å². The molecule has 0 bridgehead atoms. The molecule has 2 unspecified atom stereocenters. The summed E-state index contributed by atoms with van der Waals surface area (Å²) in [6.07, 6.45) is 10.2. The Hall–Kier alpha value is 0.310. The van der Waals surface area contributed by atoms with E-state index in [1.807, 2.05) is 0 Å². The molecule has 82 valence electrons. The van der Waals surface area contributed by atoms with Gasteiger partial charge in [0.1, 0.15) is 0 Å². The van der Waals surface area contributed by atoms with Crippen LogP contribution in [0.2, 0.25) is 0 Å². The Morgan fingerprint density at radius 2 is 1.71 bits per heavy atom. The average molecular weight is 213 g/mol. The lowest BCUT2D eigenvalue weighted by atomic mass is 10.00. The number of rotatable bonds is 1. The standard InChI is InChI=1S/C12H23NS/c1-10-8-9-13-12(14-10)11-6-4-2-3-5-7-11/h10-13H,2-9H2,1H3. The van der Waals surface area contributed by atoms with Crippen LogP contribution in [0.15, 0.2) is 0 Å². The van der Waals surface area contributed by atoms with Gasteiger partial charge in [-0.15, -0.1) is 11.8 Å². The highest BCUT2D eigenvalue weighted by atomic mass is 32.2. The van der Waals surface area contributed by atoms with E-state index < -0.39 is 0 Å². The third-order valence-electron chi connectivity index (χ3n) is 3.60. The summed E-state index contributed by atoms with van der Waals surface area (Å²) in [5.74, 6) is 0.963. The Morgan fingerprint density at radius 3 is 2.36 bits per heavy atom. The molecule has 2 aliphatic rings. The first-order chi connectivity index (χ1) is 6.86. The second-order valence-corrected chi connectivity index (χ2v) is 6.45. The molecule has 0 aromatic heterocycles. The van der Waals surface area contributed by atoms with Crippen LogP contribution in [0.3, 0.4) is 0 Å². The summed E-state index contributed by atoms with van der Waals surface area (Å²) in [5, 5.41) is 5.36. The summed E-state index contributed by atoms with van der Waals surface area (Å²) in [6, 6.07) is 0. The molecule has 0 aromatic rings. The van der Waals surface area contributed by atoms with E-state index in [0.29, 0.717) is 0 Å². The van der Waals surface area contributed by atoms with Crippen molar-refractivity contribution in [3.63, 3.8) is 0 Å². The summed E-state index contributed by atoms with van der Waals surface area (Å²) >= 11 is 2.19. The zero-order valence-corrected chi connectivity index (χ0v) is 10.1. The van der Waals surface area contributed by atoms with Gasteiger partial charge in [-0.25, -0.2) is 0 Å². The molecular formula is C12H23NS. The number of hydrogen-bond acceptors (Lipinski definition) is 2. The first-order valence-corrected chi connectivity index (χ1v) is 7.19. The van der Waals surface area contributed by atoms with Gasteiger partial charge in [-0.3, -0.25) is 0 Å². The molecule has 1 heterocycles. The van der Waals surface area contributed by atoms with Crippen molar-refractivity contribution in [2.24, 2.45) is 5.92 Å². The largest absolute Gasteiger partial charge is 0.305 e. The van der Waals surface area contributed by atoms with Crippen LogP contribution < -0.4 is 5.32 Å². The quantitative estimate of drug-likeness (QED) is 0.670. The van der Waals surface area contributed by atoms with E-state index in [4.69, 9.17) is 0 Å². The molecule has 0 aromatic carbocycles. The molecular weight excluding hydrogens is 190 g/mol. The van der Waals surface area contributed by atoms with Gasteiger partial charge in [0.2, 0.25) is 0 Å². The number of thioether (sulfide) groups is 1. The molecule has 1 nitrogen and oxygen atoms in total. The van der Waals surface area contributed by atoms with Crippen LogP contribution in [-0.2, 0) is 0 Å². The third kappa shape index (κ3) is 2.90. The van der Waals surface area contributed by atoms with Crippen LogP contribution in [-0.4, -0.2) is 17.2 Å². The molecule has 2 atom stereocenters. The SMILES string of the molecule is CC1CCNC(C2CCCCCC2)S1. The molecule has 2 fully saturated rings. The predicted molar refractivity (Wildman–Crippen MR) is 64.7 cm³/mol. The van der Waals surface area contributed by atoms with Crippen LogP contribution in [0.1, 0.15) is 51.9 Å². The lowest BCUT2D eigenvalue weighted by Gasteiger charge is -2.33. The Balaban J connectivity index is 1.85. The summed E-state index contributed by atoms with van der Waals surface area (Å²) in [5.41, 5.74) is 0. The fraction of sp³-hybridized carbons (Fsp3) is 1.00. The lowest BCUT2D eigenvalue weighted by Crippen LogP contribution is -2.40. The Labute approximate surface area is 92.4 Å². The second-order valence-electron chi connectivity index (χ2n) is 4.86. The monoisotopic (exact) mass is 213 g/mol. The van der Waals surface area contributed by atoms with Gasteiger partial charge in [0, 0.05) is 5.25 Å². The maximum atomic E-state index is 3.71. The van der Waals surface area contributed by atoms with Crippen LogP contribution in [0.4, 0.5) is 0 Å². The van der Waals surface area contributed by atoms with Crippen molar-refractivity contribution in [3.05, 3.63) is 0 Å². The molecule has 1 saturated carbocycles. The van der Waals surface area contributed by atoms with Crippen LogP contribution in [0.5, 0.6) is 0 Å². The molecule has 1 aliphatic heterocycles. The Morgan fingerprint density at radius 1 is 1.00 bits per heavy atom. The molecule has 0 spiro atoms. The maximum Gasteiger partial charge on any atom is 0.0563 e. The Bertz CT molecular complexity index is 164. The summed E-state index contributed by atoms with van der Waals surface area (Å²) < 4.78 is 0. The summed E-state index contributed by atoms with van der Waals surface area (Å²) in [7, 11) is 0. The van der Waals surface area contributed by atoms with Crippen molar-refractivity contribution < 1.29 is 0 Å². The van der Waals surface area contributed by atoms with E-state index in [1.165, 1.54) is 51.5 Å². The first-order valence-electron chi connectivity index (χ1n) is 6.25. The first kappa shape index (κ1) is 10.8. The van der Waals surface area contributed by atoms with Gasteiger partial charge in [-0.2, -0.15) is 0 Å². The van der Waals surface area contributed by atoms with Crippen molar-refractivity contribution in [2.75, 3.05) is 6.54 Å². The van der Waals surface area contributed by atoms with Gasteiger partial charge in [-0.1, -0.05) is 32.6 Å². The van der Waals surface area contributed by atoms with E-state index in [2.05, 4.69) is 24.0 Å². The fourth-order valence-electron chi connectivity index (χ4n) is 2.69. The lowest BCUT2D eigenvalue weighted by molar-refractivity contribution is 0.387. The van der Waals surface area contributed by atoms with E-state index in [1.54, 1.807) is 0 Å². The topological polar surface area (TPSA) is 12.0 Å². The number of hydrogen-bond donors (Lipinski definition) is 1. The van der Waals surface area contributed by atoms with E-state index in [-0.39, 0.29) is 0 Å². The second kappa shape index (κ2) is 5.41. The van der Waals surface area contributed by atoms with Gasteiger partial charge >= 0.3 is 0 Å². The van der Waals surface area contributed by atoms with E-state index >= 15 is 0 Å². The summed E-state index contributed by atoms with van der Waals surface area (Å²) in [6.45, 7) is 3.63. The van der Waals surface area contributed by atoms with E-state index in [0.717, 1.165) is 16.5 Å². The van der Waals surface area contributed by atoms with Crippen LogP contribution >= 0.6 is 11.8 Å². The fourth-order valence-corrected chi connectivity index (χ4v) is 4.15. The smallest absolute Gasteiger partial charge is 0.0563 e. The minimum atomic E-state index is 0.775. The van der Waals surface area contributed by atoms with Crippen LogP contribution in [0.25, 0.3) is 0 Å². The average Bonchev–Trinajstić information content (AvgIpc) is 2.45. The minimum absolute atomic E-state index is 0.775. The molecule has 1 N–H and O–H groups in total. The van der Waals surface area contributed by atoms with E-state index in [9.17, 15) is 0 Å². The molecule has 0 amide bonds. The normalized spacial score (nSPS) is 36.6. The van der Waals surface area contributed by atoms with Crippen LogP contribution in [0, 0.1) is 5.92 Å². The highest BCUT2D eigenvalue weighted by molar-refractivity contribution is 8.00. The summed E-state index contributed by atoms with van der Waals surface area (Å²) in [4.78, 5) is 0. The zero-order chi connectivity index (χ0) is 9.80. The maximum absolute atomic E-state index is 3.71. The predicted octanol–water partition coefficient (Wildman–Crippen LogP) is 3.40. The molecule has 2 rings (SSSR count). The highest BCUT2D eigenvalue weighted by Crippen LogP contribution is 2.34. The van der Waals surface area contributed by atoms with Gasteiger partial charge in [0.05, 0.1) is 5.37 Å². The van der Waals surface area contributed by atoms with Gasteiger partial charge in [0.25, 0.3) is 0 Å². The van der Waals surface area contributed by atoms with Crippen molar-refractivity contribution in [1.82, 2.24) is 5.32 Å². The number of nitrogens with one attached hydrogen (secondary N) is 1. The minimum Gasteiger partial charge on any atom is -0.305 e. The highest BCUT2D eigenvalue weighted by Gasteiger charge is 2.26. The molecule has 1 aliphatic carbocycles. The zero-order valence-electron chi connectivity index (χ0n) is 9.30. The molecule has 1 saturated heterocycles. The molecule has 0 radical (unpaired) electrons. The van der Waals surface area contributed by atoms with Crippen molar-refractivity contribution in [3.8, 4) is 0 Å².